The monoisotopic (exact) mass is 312 g/mol. The number of rotatable bonds is 7. The fraction of sp³-hybridized carbons (Fsp3) is 0.294. The van der Waals surface area contributed by atoms with Crippen LogP contribution in [0.15, 0.2) is 48.9 Å². The maximum atomic E-state index is 10.00. The highest BCUT2D eigenvalue weighted by Gasteiger charge is 2.07. The van der Waals surface area contributed by atoms with E-state index in [0.717, 1.165) is 17.0 Å². The summed E-state index contributed by atoms with van der Waals surface area (Å²) in [6.45, 7) is 3.31. The lowest BCUT2D eigenvalue weighted by atomic mass is 10.2. The number of aromatic nitrogens is 3. The van der Waals surface area contributed by atoms with Crippen LogP contribution in [-0.2, 0) is 6.54 Å². The van der Waals surface area contributed by atoms with Crippen molar-refractivity contribution in [3.8, 4) is 5.75 Å². The van der Waals surface area contributed by atoms with Crippen molar-refractivity contribution in [2.75, 3.05) is 13.2 Å². The van der Waals surface area contributed by atoms with E-state index in [9.17, 15) is 5.11 Å². The molecule has 3 rings (SSSR count). The zero-order valence-electron chi connectivity index (χ0n) is 13.0. The highest BCUT2D eigenvalue weighted by molar-refractivity contribution is 5.30. The molecule has 0 bridgehead atoms. The van der Waals surface area contributed by atoms with E-state index in [1.807, 2.05) is 47.9 Å². The summed E-state index contributed by atoms with van der Waals surface area (Å²) in [5.74, 6) is 1.45. The van der Waals surface area contributed by atoms with Crippen LogP contribution in [0.4, 0.5) is 0 Å². The first kappa shape index (κ1) is 15.5. The van der Waals surface area contributed by atoms with Gasteiger partial charge in [-0.1, -0.05) is 12.1 Å². The van der Waals surface area contributed by atoms with Crippen molar-refractivity contribution in [2.45, 2.75) is 19.6 Å². The van der Waals surface area contributed by atoms with Gasteiger partial charge in [-0.05, 0) is 30.7 Å². The van der Waals surface area contributed by atoms with Crippen molar-refractivity contribution < 1.29 is 9.84 Å². The number of nitrogens with one attached hydrogen (secondary N) is 1. The number of imidazole rings is 1. The summed E-state index contributed by atoms with van der Waals surface area (Å²) in [6.07, 6.45) is 4.84. The number of aliphatic hydroxyl groups is 1. The summed E-state index contributed by atoms with van der Waals surface area (Å²) >= 11 is 0. The maximum absolute atomic E-state index is 10.00. The Hall–Kier alpha value is -2.44. The van der Waals surface area contributed by atoms with Crippen LogP contribution >= 0.6 is 0 Å². The number of benzene rings is 1. The Bertz CT molecular complexity index is 772. The molecule has 0 aliphatic heterocycles. The topological polar surface area (TPSA) is 71.7 Å². The van der Waals surface area contributed by atoms with Crippen molar-refractivity contribution in [3.05, 3.63) is 60.2 Å². The van der Waals surface area contributed by atoms with Gasteiger partial charge in [0.2, 0.25) is 5.78 Å². The number of ether oxygens (including phenoxy) is 1. The number of hydrogen-bond donors (Lipinski definition) is 2. The van der Waals surface area contributed by atoms with E-state index in [0.29, 0.717) is 18.9 Å². The molecule has 0 saturated carbocycles. The summed E-state index contributed by atoms with van der Waals surface area (Å²) in [4.78, 5) is 8.40. The second-order valence-corrected chi connectivity index (χ2v) is 5.45. The summed E-state index contributed by atoms with van der Waals surface area (Å²) < 4.78 is 7.51. The van der Waals surface area contributed by atoms with Crippen LogP contribution in [0.5, 0.6) is 5.75 Å². The molecule has 2 heterocycles. The van der Waals surface area contributed by atoms with Gasteiger partial charge in [-0.15, -0.1) is 0 Å². The van der Waals surface area contributed by atoms with E-state index in [1.54, 1.807) is 12.4 Å². The summed E-state index contributed by atoms with van der Waals surface area (Å²) in [5.41, 5.74) is 2.14. The zero-order valence-corrected chi connectivity index (χ0v) is 13.0. The van der Waals surface area contributed by atoms with Crippen molar-refractivity contribution in [2.24, 2.45) is 0 Å². The molecule has 120 valence electrons. The van der Waals surface area contributed by atoms with Crippen molar-refractivity contribution in [3.63, 3.8) is 0 Å². The number of aryl methyl sites for hydroxylation is 1. The molecular weight excluding hydrogens is 292 g/mol. The summed E-state index contributed by atoms with van der Waals surface area (Å²) in [7, 11) is 0. The van der Waals surface area contributed by atoms with E-state index >= 15 is 0 Å². The highest BCUT2D eigenvalue weighted by Crippen LogP contribution is 2.12. The largest absolute Gasteiger partial charge is 0.491 e. The normalized spacial score (nSPS) is 12.4. The molecule has 1 aromatic carbocycles. The van der Waals surface area contributed by atoms with E-state index in [1.165, 1.54) is 0 Å². The third-order valence-corrected chi connectivity index (χ3v) is 3.48. The smallest absolute Gasteiger partial charge is 0.233 e. The van der Waals surface area contributed by atoms with E-state index in [4.69, 9.17) is 4.74 Å². The molecule has 6 heteroatoms. The Morgan fingerprint density at radius 2 is 2.22 bits per heavy atom. The highest BCUT2D eigenvalue weighted by atomic mass is 16.5. The van der Waals surface area contributed by atoms with Gasteiger partial charge in [0.05, 0.1) is 11.9 Å². The fourth-order valence-corrected chi connectivity index (χ4v) is 2.33. The molecule has 2 aromatic heterocycles. The predicted molar refractivity (Wildman–Crippen MR) is 87.4 cm³/mol. The Labute approximate surface area is 134 Å². The first-order chi connectivity index (χ1) is 11.2. The van der Waals surface area contributed by atoms with Crippen LogP contribution in [0.1, 0.15) is 11.3 Å². The van der Waals surface area contributed by atoms with Gasteiger partial charge in [0.15, 0.2) is 0 Å². The summed E-state index contributed by atoms with van der Waals surface area (Å²) in [6, 6.07) is 9.65. The molecule has 1 unspecified atom stereocenters. The third kappa shape index (κ3) is 4.06. The van der Waals surface area contributed by atoms with Crippen molar-refractivity contribution in [1.82, 2.24) is 19.7 Å². The van der Waals surface area contributed by atoms with E-state index < -0.39 is 6.10 Å². The minimum absolute atomic E-state index is 0.255. The minimum atomic E-state index is -0.576. The van der Waals surface area contributed by atoms with Gasteiger partial charge < -0.3 is 15.2 Å². The first-order valence-corrected chi connectivity index (χ1v) is 7.57. The van der Waals surface area contributed by atoms with Gasteiger partial charge in [0.1, 0.15) is 18.5 Å². The Morgan fingerprint density at radius 3 is 3.09 bits per heavy atom. The first-order valence-electron chi connectivity index (χ1n) is 7.57. The van der Waals surface area contributed by atoms with Gasteiger partial charge >= 0.3 is 0 Å². The Kier molecular flexibility index (Phi) is 4.85. The number of nitrogens with zero attached hydrogens (tertiary/aromatic N) is 3. The van der Waals surface area contributed by atoms with Crippen LogP contribution in [0.3, 0.4) is 0 Å². The molecule has 0 radical (unpaired) electrons. The van der Waals surface area contributed by atoms with Crippen molar-refractivity contribution >= 4 is 5.78 Å². The summed E-state index contributed by atoms with van der Waals surface area (Å²) in [5, 5.41) is 13.2. The number of aliphatic hydroxyl groups excluding tert-OH is 1. The van der Waals surface area contributed by atoms with Gasteiger partial charge in [-0.2, -0.15) is 0 Å². The third-order valence-electron chi connectivity index (χ3n) is 3.48. The Morgan fingerprint density at radius 1 is 1.30 bits per heavy atom. The van der Waals surface area contributed by atoms with Crippen molar-refractivity contribution in [1.29, 1.82) is 0 Å². The predicted octanol–water partition coefficient (Wildman–Crippen LogP) is 1.57. The molecule has 0 fully saturated rings. The van der Waals surface area contributed by atoms with E-state index in [-0.39, 0.29) is 6.61 Å². The van der Waals surface area contributed by atoms with Gasteiger partial charge in [0, 0.05) is 25.5 Å². The molecule has 3 aromatic rings. The SMILES string of the molecule is Cc1cccc(OCC(O)CNCc2cnc3ncccn23)c1. The van der Waals surface area contributed by atoms with Crippen LogP contribution in [0, 0.1) is 6.92 Å². The molecule has 1 atom stereocenters. The lowest BCUT2D eigenvalue weighted by molar-refractivity contribution is 0.106. The van der Waals surface area contributed by atoms with Gasteiger partial charge in [-0.3, -0.25) is 4.40 Å². The molecule has 0 saturated heterocycles. The quantitative estimate of drug-likeness (QED) is 0.693. The van der Waals surface area contributed by atoms with Crippen LogP contribution in [0.2, 0.25) is 0 Å². The van der Waals surface area contributed by atoms with Gasteiger partial charge in [-0.25, -0.2) is 9.97 Å². The molecule has 2 N–H and O–H groups in total. The number of hydrogen-bond acceptors (Lipinski definition) is 5. The van der Waals surface area contributed by atoms with Crippen LogP contribution in [-0.4, -0.2) is 38.7 Å². The van der Waals surface area contributed by atoms with Gasteiger partial charge in [0.25, 0.3) is 0 Å². The second-order valence-electron chi connectivity index (χ2n) is 5.45. The average Bonchev–Trinajstić information content (AvgIpc) is 2.97. The molecule has 6 nitrogen and oxygen atoms in total. The average molecular weight is 312 g/mol. The minimum Gasteiger partial charge on any atom is -0.491 e. The molecule has 0 amide bonds. The lowest BCUT2D eigenvalue weighted by Gasteiger charge is -2.13. The second kappa shape index (κ2) is 7.21. The zero-order chi connectivity index (χ0) is 16.1. The fourth-order valence-electron chi connectivity index (χ4n) is 2.33. The molecule has 0 aliphatic carbocycles. The van der Waals surface area contributed by atoms with E-state index in [2.05, 4.69) is 15.3 Å². The van der Waals surface area contributed by atoms with Crippen LogP contribution in [0.25, 0.3) is 5.78 Å². The standard InChI is InChI=1S/C17H20N4O2/c1-13-4-2-5-16(8-13)23-12-15(22)11-18-9-14-10-20-17-19-6-3-7-21(14)17/h2-8,10,15,18,22H,9,11-12H2,1H3. The molecule has 23 heavy (non-hydrogen) atoms. The lowest BCUT2D eigenvalue weighted by Crippen LogP contribution is -2.31. The number of fused-ring (bicyclic) bond motifs is 1. The molecular formula is C17H20N4O2. The Balaban J connectivity index is 1.45. The van der Waals surface area contributed by atoms with Crippen LogP contribution < -0.4 is 10.1 Å². The molecule has 0 aliphatic rings. The maximum Gasteiger partial charge on any atom is 0.233 e. The molecule has 0 spiro atoms.